The van der Waals surface area contributed by atoms with Crippen molar-refractivity contribution < 1.29 is 31.7 Å². The highest BCUT2D eigenvalue weighted by Gasteiger charge is 2.63. The Morgan fingerprint density at radius 2 is 2.00 bits per heavy atom. The third kappa shape index (κ3) is 1.96. The lowest BCUT2D eigenvalue weighted by atomic mass is 9.96. The summed E-state index contributed by atoms with van der Waals surface area (Å²) in [7, 11) is -5.17. The first-order chi connectivity index (χ1) is 9.23. The molecule has 2 bridgehead atoms. The first kappa shape index (κ1) is 13.9. The van der Waals surface area contributed by atoms with E-state index in [0.29, 0.717) is 12.8 Å². The van der Waals surface area contributed by atoms with Crippen LogP contribution in [0, 0.1) is 17.8 Å². The van der Waals surface area contributed by atoms with Gasteiger partial charge in [0.05, 0.1) is 0 Å². The molecule has 0 radical (unpaired) electrons. The van der Waals surface area contributed by atoms with Gasteiger partial charge in [-0.3, -0.25) is 9.35 Å². The van der Waals surface area contributed by atoms with Crippen LogP contribution < -0.4 is 0 Å². The Bertz CT molecular complexity index is 568. The lowest BCUT2D eigenvalue weighted by molar-refractivity contribution is -0.162. The number of ether oxygens (including phenoxy) is 1. The number of hydrogen-bond acceptors (Lipinski definition) is 5. The zero-order valence-corrected chi connectivity index (χ0v) is 11.4. The molecule has 3 rings (SSSR count). The predicted molar refractivity (Wildman–Crippen MR) is 63.8 cm³/mol. The van der Waals surface area contributed by atoms with Gasteiger partial charge in [0.2, 0.25) is 0 Å². The van der Waals surface area contributed by atoms with Gasteiger partial charge in [-0.1, -0.05) is 0 Å². The zero-order chi connectivity index (χ0) is 14.7. The molecule has 1 N–H and O–H groups in total. The molecule has 20 heavy (non-hydrogen) atoms. The van der Waals surface area contributed by atoms with Crippen molar-refractivity contribution >= 4 is 21.9 Å². The van der Waals surface area contributed by atoms with Gasteiger partial charge in [0, 0.05) is 24.2 Å². The number of carbonyl (C=O) groups excluding carboxylic acids is 2. The second kappa shape index (κ2) is 4.24. The monoisotopic (exact) mass is 306 g/mol. The van der Waals surface area contributed by atoms with Crippen LogP contribution >= 0.6 is 0 Å². The summed E-state index contributed by atoms with van der Waals surface area (Å²) in [6.07, 6.45) is 1.03. The van der Waals surface area contributed by atoms with Crippen LogP contribution in [0.3, 0.4) is 0 Å². The number of esters is 1. The number of halogens is 1. The molecule has 3 fully saturated rings. The summed E-state index contributed by atoms with van der Waals surface area (Å²) in [5, 5.41) is -3.36. The van der Waals surface area contributed by atoms with Gasteiger partial charge in [-0.2, -0.15) is 8.42 Å². The summed E-state index contributed by atoms with van der Waals surface area (Å²) in [6.45, 7) is 0. The molecule has 0 aliphatic heterocycles. The second-order valence-electron chi connectivity index (χ2n) is 5.94. The molecule has 0 aromatic carbocycles. The van der Waals surface area contributed by atoms with Gasteiger partial charge in [-0.15, -0.1) is 0 Å². The van der Waals surface area contributed by atoms with Crippen molar-refractivity contribution in [1.82, 2.24) is 0 Å². The van der Waals surface area contributed by atoms with Gasteiger partial charge in [-0.05, 0) is 25.7 Å². The number of alkyl halides is 1. The van der Waals surface area contributed by atoms with Gasteiger partial charge in [0.15, 0.2) is 0 Å². The summed E-state index contributed by atoms with van der Waals surface area (Å²) in [5.74, 6) is -2.77. The summed E-state index contributed by atoms with van der Waals surface area (Å²) in [5.41, 5.74) is 0. The molecule has 0 aromatic rings. The van der Waals surface area contributed by atoms with E-state index in [4.69, 9.17) is 9.29 Å². The molecule has 3 aliphatic carbocycles. The van der Waals surface area contributed by atoms with Crippen molar-refractivity contribution in [2.24, 2.45) is 17.8 Å². The first-order valence-electron chi connectivity index (χ1n) is 6.63. The maximum Gasteiger partial charge on any atom is 0.363 e. The average Bonchev–Trinajstić information content (AvgIpc) is 3.04. The summed E-state index contributed by atoms with van der Waals surface area (Å²) in [4.78, 5) is 23.3. The van der Waals surface area contributed by atoms with Gasteiger partial charge in [0.25, 0.3) is 0 Å². The van der Waals surface area contributed by atoms with Crippen LogP contribution in [0.25, 0.3) is 0 Å². The molecule has 0 heterocycles. The van der Waals surface area contributed by atoms with Crippen molar-refractivity contribution in [1.29, 1.82) is 0 Å². The maximum absolute atomic E-state index is 14.5. The number of fused-ring (bicyclic) bond motifs is 2. The Kier molecular flexibility index (Phi) is 2.95. The minimum Gasteiger partial charge on any atom is -0.459 e. The molecule has 112 valence electrons. The molecule has 0 aromatic heterocycles. The molecule has 8 heteroatoms. The van der Waals surface area contributed by atoms with Gasteiger partial charge in [0.1, 0.15) is 11.9 Å². The molecule has 6 nitrogen and oxygen atoms in total. The van der Waals surface area contributed by atoms with Crippen LogP contribution in [0.5, 0.6) is 0 Å². The van der Waals surface area contributed by atoms with Gasteiger partial charge >= 0.3 is 21.1 Å². The molecule has 3 aliphatic rings. The highest BCUT2D eigenvalue weighted by molar-refractivity contribution is 7.87. The average molecular weight is 306 g/mol. The van der Waals surface area contributed by atoms with Crippen molar-refractivity contribution in [3.05, 3.63) is 0 Å². The number of rotatable bonds is 4. The highest BCUT2D eigenvalue weighted by atomic mass is 32.2. The Morgan fingerprint density at radius 3 is 2.40 bits per heavy atom. The van der Waals surface area contributed by atoms with E-state index in [0.717, 1.165) is 0 Å². The summed E-state index contributed by atoms with van der Waals surface area (Å²) in [6, 6.07) is 0. The predicted octanol–water partition coefficient (Wildman–Crippen LogP) is 0.861. The van der Waals surface area contributed by atoms with Crippen LogP contribution in [-0.4, -0.2) is 35.8 Å². The van der Waals surface area contributed by atoms with Crippen LogP contribution in [0.15, 0.2) is 0 Å². The fourth-order valence-electron chi connectivity index (χ4n) is 3.29. The van der Waals surface area contributed by atoms with E-state index in [-0.39, 0.29) is 36.9 Å². The van der Waals surface area contributed by atoms with Crippen LogP contribution in [0.4, 0.5) is 4.39 Å². The topological polar surface area (TPSA) is 97.7 Å². The Morgan fingerprint density at radius 1 is 1.35 bits per heavy atom. The number of carbonyl (C=O) groups is 2. The third-order valence-corrected chi connectivity index (χ3v) is 5.81. The fraction of sp³-hybridized carbons (Fsp3) is 0.833. The van der Waals surface area contributed by atoms with Gasteiger partial charge < -0.3 is 4.74 Å². The van der Waals surface area contributed by atoms with E-state index in [9.17, 15) is 22.4 Å². The zero-order valence-electron chi connectivity index (χ0n) is 10.6. The quantitative estimate of drug-likeness (QED) is 0.611. The van der Waals surface area contributed by atoms with Crippen molar-refractivity contribution in [2.45, 2.75) is 43.2 Å². The number of hydrogen-bond donors (Lipinski definition) is 1. The molecule has 4 unspecified atom stereocenters. The summed E-state index contributed by atoms with van der Waals surface area (Å²) < 4.78 is 50.8. The van der Waals surface area contributed by atoms with E-state index >= 15 is 0 Å². The van der Waals surface area contributed by atoms with Crippen LogP contribution in [0.1, 0.15) is 32.1 Å². The minimum absolute atomic E-state index is 0.116. The molecular formula is C12H15FO6S. The van der Waals surface area contributed by atoms with Crippen molar-refractivity contribution in [3.63, 3.8) is 0 Å². The molecule has 4 atom stereocenters. The lowest BCUT2D eigenvalue weighted by Gasteiger charge is -2.26. The standard InChI is InChI=1S/C12H15FO6S/c13-12(8-1-2-8,20(16,17)18)11(15)19-10-5-6-3-7(10)4-9(6)14/h6-8,10H,1-5H2,(H,16,17,18). The van der Waals surface area contributed by atoms with E-state index in [1.807, 2.05) is 0 Å². The van der Waals surface area contributed by atoms with Crippen molar-refractivity contribution in [2.75, 3.05) is 0 Å². The number of ketones is 1. The summed E-state index contributed by atoms with van der Waals surface area (Å²) >= 11 is 0. The molecular weight excluding hydrogens is 291 g/mol. The molecule has 0 spiro atoms. The minimum atomic E-state index is -5.17. The Balaban J connectivity index is 1.75. The molecule has 3 saturated carbocycles. The van der Waals surface area contributed by atoms with Crippen molar-refractivity contribution in [3.8, 4) is 0 Å². The van der Waals surface area contributed by atoms with E-state index < -0.39 is 33.1 Å². The van der Waals surface area contributed by atoms with Crippen LogP contribution in [0.2, 0.25) is 0 Å². The maximum atomic E-state index is 14.5. The van der Waals surface area contributed by atoms with E-state index in [1.165, 1.54) is 0 Å². The number of Topliss-reactive ketones (excluding diaryl/α,β-unsaturated/α-hetero) is 1. The second-order valence-corrected chi connectivity index (χ2v) is 7.48. The SMILES string of the molecule is O=C1CC2CC1CC2OC(=O)C(F)(C1CC1)S(=O)(=O)O. The van der Waals surface area contributed by atoms with E-state index in [1.54, 1.807) is 0 Å². The normalized spacial score (nSPS) is 35.9. The lowest BCUT2D eigenvalue weighted by Crippen LogP contribution is -2.47. The Hall–Kier alpha value is -1.02. The molecule has 0 saturated heterocycles. The first-order valence-corrected chi connectivity index (χ1v) is 8.07. The fourth-order valence-corrected chi connectivity index (χ4v) is 4.20. The molecule has 0 amide bonds. The van der Waals surface area contributed by atoms with Gasteiger partial charge in [-0.25, -0.2) is 9.18 Å². The highest BCUT2D eigenvalue weighted by Crippen LogP contribution is 2.48. The largest absolute Gasteiger partial charge is 0.459 e. The Labute approximate surface area is 115 Å². The van der Waals surface area contributed by atoms with E-state index in [2.05, 4.69) is 0 Å². The third-order valence-electron chi connectivity index (χ3n) is 4.56. The van der Waals surface area contributed by atoms with Crippen LogP contribution in [-0.2, 0) is 24.4 Å². The smallest absolute Gasteiger partial charge is 0.363 e.